The number of rotatable bonds is 10. The minimum atomic E-state index is -4.24. The summed E-state index contributed by atoms with van der Waals surface area (Å²) in [6.07, 6.45) is 5.52. The van der Waals surface area contributed by atoms with E-state index in [9.17, 15) is 13.0 Å². The van der Waals surface area contributed by atoms with Crippen LogP contribution in [-0.4, -0.2) is 19.6 Å². The van der Waals surface area contributed by atoms with Crippen LogP contribution in [0.4, 0.5) is 0 Å². The Bertz CT molecular complexity index is 1570. The molecule has 0 saturated carbocycles. The molecule has 0 aliphatic carbocycles. The monoisotopic (exact) mass is 597 g/mol. The highest BCUT2D eigenvalue weighted by Gasteiger charge is 2.39. The molecule has 0 aromatic heterocycles. The average Bonchev–Trinajstić information content (AvgIpc) is 3.03. The molecular weight excluding hydrogens is 555 g/mol. The number of unbranched alkanes of at least 4 members (excludes halogenated alkanes) is 2. The lowest BCUT2D eigenvalue weighted by Gasteiger charge is -2.22. The molecule has 5 aromatic rings. The maximum atomic E-state index is 12.0. The van der Waals surface area contributed by atoms with Crippen molar-refractivity contribution >= 4 is 44.1 Å². The molecule has 0 saturated heterocycles. The highest BCUT2D eigenvalue weighted by atomic mass is 32.2. The topological polar surface area (TPSA) is 54.4 Å². The fourth-order valence-corrected chi connectivity index (χ4v) is 9.76. The largest absolute Gasteiger partial charge is 0.295 e. The van der Waals surface area contributed by atoms with E-state index in [0.29, 0.717) is 11.8 Å². The first-order valence-corrected chi connectivity index (χ1v) is 18.5. The Balaban J connectivity index is 0.000000193. The molecule has 0 amide bonds. The normalized spacial score (nSPS) is 11.6. The second kappa shape index (κ2) is 14.7. The molecule has 0 bridgehead atoms. The molecule has 42 heavy (non-hydrogen) atoms. The standard InChI is InChI=1S/C19H18P.C18H24O3S/c1-20(17-11-5-2-6-12-17,18-13-7-3-8-14-18)19-15-9-4-10-16-19;1-3-5-9-14-13-15-10-7-8-12-17(15)18(22(19,20)21)16(14)11-6-4-2/h2-16H,1H3;7-8,10,12-13H,3-6,9,11H2,1-2H3,(H,19,20,21)/q+1;. The van der Waals surface area contributed by atoms with Gasteiger partial charge in [-0.2, -0.15) is 8.42 Å². The maximum absolute atomic E-state index is 12.0. The van der Waals surface area contributed by atoms with Gasteiger partial charge in [0.05, 0.1) is 6.66 Å². The average molecular weight is 598 g/mol. The van der Waals surface area contributed by atoms with Crippen LogP contribution >= 0.6 is 7.26 Å². The minimum absolute atomic E-state index is 0.116. The van der Waals surface area contributed by atoms with E-state index in [1.165, 1.54) is 15.9 Å². The van der Waals surface area contributed by atoms with Crippen LogP contribution in [0.2, 0.25) is 0 Å². The molecule has 5 rings (SSSR count). The van der Waals surface area contributed by atoms with E-state index in [0.717, 1.165) is 48.6 Å². The number of benzene rings is 5. The van der Waals surface area contributed by atoms with Crippen molar-refractivity contribution in [2.75, 3.05) is 6.66 Å². The predicted octanol–water partition coefficient (Wildman–Crippen LogP) is 8.38. The predicted molar refractivity (Wildman–Crippen MR) is 182 cm³/mol. The van der Waals surface area contributed by atoms with Crippen LogP contribution in [0.5, 0.6) is 0 Å². The highest BCUT2D eigenvalue weighted by Crippen LogP contribution is 2.51. The molecule has 0 spiro atoms. The van der Waals surface area contributed by atoms with Crippen LogP contribution in [0.1, 0.15) is 50.7 Å². The quantitative estimate of drug-likeness (QED) is 0.130. The Morgan fingerprint density at radius 2 is 1.05 bits per heavy atom. The van der Waals surface area contributed by atoms with Crippen molar-refractivity contribution in [3.8, 4) is 0 Å². The number of hydrogen-bond donors (Lipinski definition) is 1. The van der Waals surface area contributed by atoms with Crippen LogP contribution in [0.25, 0.3) is 10.8 Å². The maximum Gasteiger partial charge on any atom is 0.295 e. The minimum Gasteiger partial charge on any atom is -0.282 e. The van der Waals surface area contributed by atoms with E-state index in [2.05, 4.69) is 118 Å². The number of hydrogen-bond acceptors (Lipinski definition) is 2. The van der Waals surface area contributed by atoms with Crippen molar-refractivity contribution in [3.05, 3.63) is 132 Å². The molecule has 3 nitrogen and oxygen atoms in total. The summed E-state index contributed by atoms with van der Waals surface area (Å²) in [7, 11) is -5.76. The van der Waals surface area contributed by atoms with E-state index in [-0.39, 0.29) is 4.90 Å². The molecule has 0 aliphatic heterocycles. The highest BCUT2D eigenvalue weighted by molar-refractivity contribution is 7.95. The molecule has 0 aliphatic rings. The van der Waals surface area contributed by atoms with Crippen molar-refractivity contribution in [2.45, 2.75) is 57.3 Å². The van der Waals surface area contributed by atoms with Crippen LogP contribution in [-0.2, 0) is 23.0 Å². The van der Waals surface area contributed by atoms with Gasteiger partial charge in [0.25, 0.3) is 10.1 Å². The van der Waals surface area contributed by atoms with Gasteiger partial charge in [0.15, 0.2) is 0 Å². The SMILES string of the molecule is CCCCc1cc2ccccc2c(S(=O)(=O)O)c1CCCC.C[P+](c1ccccc1)(c1ccccc1)c1ccccc1. The van der Waals surface area contributed by atoms with Crippen molar-refractivity contribution in [1.82, 2.24) is 0 Å². The summed E-state index contributed by atoms with van der Waals surface area (Å²) in [6.45, 7) is 6.61. The van der Waals surface area contributed by atoms with Gasteiger partial charge in [0, 0.05) is 5.39 Å². The van der Waals surface area contributed by atoms with Crippen molar-refractivity contribution in [2.24, 2.45) is 0 Å². The van der Waals surface area contributed by atoms with Crippen molar-refractivity contribution in [3.63, 3.8) is 0 Å². The van der Waals surface area contributed by atoms with Gasteiger partial charge in [-0.15, -0.1) is 0 Å². The van der Waals surface area contributed by atoms with E-state index >= 15 is 0 Å². The molecule has 0 atom stereocenters. The van der Waals surface area contributed by atoms with Gasteiger partial charge >= 0.3 is 0 Å². The van der Waals surface area contributed by atoms with E-state index in [1.807, 2.05) is 18.2 Å². The van der Waals surface area contributed by atoms with Gasteiger partial charge in [-0.1, -0.05) is 112 Å². The van der Waals surface area contributed by atoms with E-state index < -0.39 is 17.4 Å². The van der Waals surface area contributed by atoms with Gasteiger partial charge < -0.3 is 0 Å². The molecule has 5 aromatic carbocycles. The van der Waals surface area contributed by atoms with Gasteiger partial charge in [0.1, 0.15) is 28.1 Å². The molecule has 5 heteroatoms. The fourth-order valence-electron chi connectivity index (χ4n) is 5.55. The van der Waals surface area contributed by atoms with Crippen LogP contribution in [0.15, 0.2) is 126 Å². The molecule has 0 radical (unpaired) electrons. The third kappa shape index (κ3) is 7.36. The Morgan fingerprint density at radius 1 is 0.619 bits per heavy atom. The molecule has 0 unspecified atom stereocenters. The molecule has 0 fully saturated rings. The van der Waals surface area contributed by atoms with Crippen LogP contribution < -0.4 is 15.9 Å². The summed E-state index contributed by atoms with van der Waals surface area (Å²) < 4.78 is 33.8. The van der Waals surface area contributed by atoms with Crippen molar-refractivity contribution < 1.29 is 13.0 Å². The Labute approximate surface area is 252 Å². The van der Waals surface area contributed by atoms with Gasteiger partial charge in [-0.05, 0) is 78.6 Å². The lowest BCUT2D eigenvalue weighted by molar-refractivity contribution is 0.482. The zero-order chi connectivity index (χ0) is 30.0. The first kappa shape index (κ1) is 31.6. The first-order valence-electron chi connectivity index (χ1n) is 14.8. The summed E-state index contributed by atoms with van der Waals surface area (Å²) in [6, 6.07) is 42.1. The molecule has 1 N–H and O–H groups in total. The first-order chi connectivity index (χ1) is 20.3. The second-order valence-electron chi connectivity index (χ2n) is 10.8. The van der Waals surface area contributed by atoms with Gasteiger partial charge in [-0.3, -0.25) is 4.55 Å². The van der Waals surface area contributed by atoms with Gasteiger partial charge in [-0.25, -0.2) is 0 Å². The van der Waals surface area contributed by atoms with Crippen molar-refractivity contribution in [1.29, 1.82) is 0 Å². The summed E-state index contributed by atoms with van der Waals surface area (Å²) >= 11 is 0. The van der Waals surface area contributed by atoms with E-state index in [4.69, 9.17) is 0 Å². The zero-order valence-corrected chi connectivity index (χ0v) is 26.6. The third-order valence-corrected chi connectivity index (χ3v) is 12.8. The second-order valence-corrected chi connectivity index (χ2v) is 15.7. The van der Waals surface area contributed by atoms with E-state index in [1.54, 1.807) is 6.07 Å². The number of aryl methyl sites for hydroxylation is 1. The summed E-state index contributed by atoms with van der Waals surface area (Å²) in [5.74, 6) is 0. The van der Waals surface area contributed by atoms with Crippen LogP contribution in [0.3, 0.4) is 0 Å². The summed E-state index contributed by atoms with van der Waals surface area (Å²) in [4.78, 5) is 0.116. The molecular formula is C37H42O3PS+. The Morgan fingerprint density at radius 3 is 1.50 bits per heavy atom. The zero-order valence-electron chi connectivity index (χ0n) is 24.9. The summed E-state index contributed by atoms with van der Waals surface area (Å²) in [5.41, 5.74) is 1.86. The fraction of sp³-hybridized carbons (Fsp3) is 0.243. The third-order valence-electron chi connectivity index (χ3n) is 7.85. The summed E-state index contributed by atoms with van der Waals surface area (Å²) in [5, 5.41) is 5.78. The Hall–Kier alpha value is -3.30. The lowest BCUT2D eigenvalue weighted by Crippen LogP contribution is -2.30. The molecule has 0 heterocycles. The number of fused-ring (bicyclic) bond motifs is 1. The van der Waals surface area contributed by atoms with Crippen LogP contribution in [0, 0.1) is 0 Å². The lowest BCUT2D eigenvalue weighted by atomic mass is 9.94. The molecule has 218 valence electrons. The smallest absolute Gasteiger partial charge is 0.282 e. The van der Waals surface area contributed by atoms with Gasteiger partial charge in [0.2, 0.25) is 0 Å². The Kier molecular flexibility index (Phi) is 11.1.